The molecule has 0 aliphatic rings. The van der Waals surface area contributed by atoms with E-state index >= 15 is 0 Å². The van der Waals surface area contributed by atoms with Crippen LogP contribution in [-0.4, -0.2) is 24.9 Å². The van der Waals surface area contributed by atoms with Crippen molar-refractivity contribution in [2.24, 2.45) is 11.7 Å². The SMILES string of the molecule is CNC(=O)c1cccc(NC(=O)C(C)CCCC(C)N)c1. The third-order valence-electron chi connectivity index (χ3n) is 3.36. The van der Waals surface area contributed by atoms with Crippen LogP contribution < -0.4 is 16.4 Å². The molecule has 21 heavy (non-hydrogen) atoms. The summed E-state index contributed by atoms with van der Waals surface area (Å²) in [7, 11) is 1.58. The molecule has 0 bridgehead atoms. The predicted molar refractivity (Wildman–Crippen MR) is 85.1 cm³/mol. The third kappa shape index (κ3) is 5.95. The topological polar surface area (TPSA) is 84.2 Å². The lowest BCUT2D eigenvalue weighted by Gasteiger charge is -2.13. The number of hydrogen-bond acceptors (Lipinski definition) is 3. The fourth-order valence-corrected chi connectivity index (χ4v) is 2.03. The first-order valence-corrected chi connectivity index (χ1v) is 7.32. The summed E-state index contributed by atoms with van der Waals surface area (Å²) in [5.41, 5.74) is 6.86. The van der Waals surface area contributed by atoms with E-state index in [2.05, 4.69) is 10.6 Å². The van der Waals surface area contributed by atoms with Gasteiger partial charge in [-0.1, -0.05) is 19.4 Å². The van der Waals surface area contributed by atoms with Crippen molar-refractivity contribution in [1.82, 2.24) is 5.32 Å². The first-order valence-electron chi connectivity index (χ1n) is 7.32. The quantitative estimate of drug-likeness (QED) is 0.719. The highest BCUT2D eigenvalue weighted by atomic mass is 16.2. The Bertz CT molecular complexity index is 486. The van der Waals surface area contributed by atoms with Gasteiger partial charge in [0.15, 0.2) is 0 Å². The Hall–Kier alpha value is -1.88. The van der Waals surface area contributed by atoms with E-state index in [-0.39, 0.29) is 23.8 Å². The standard InChI is InChI=1S/C16H25N3O2/c1-11(6-4-7-12(2)17)15(20)19-14-9-5-8-13(10-14)16(21)18-3/h5,8-12H,4,6-7,17H2,1-3H3,(H,18,21)(H,19,20). The summed E-state index contributed by atoms with van der Waals surface area (Å²) >= 11 is 0. The number of amides is 2. The van der Waals surface area contributed by atoms with Crippen molar-refractivity contribution in [2.75, 3.05) is 12.4 Å². The molecule has 0 fully saturated rings. The molecule has 1 aromatic carbocycles. The molecule has 0 aliphatic carbocycles. The van der Waals surface area contributed by atoms with Gasteiger partial charge in [0.2, 0.25) is 5.91 Å². The number of hydrogen-bond donors (Lipinski definition) is 3. The molecule has 0 saturated carbocycles. The number of benzene rings is 1. The summed E-state index contributed by atoms with van der Waals surface area (Å²) in [6.45, 7) is 3.87. The van der Waals surface area contributed by atoms with Crippen molar-refractivity contribution in [3.05, 3.63) is 29.8 Å². The van der Waals surface area contributed by atoms with E-state index in [9.17, 15) is 9.59 Å². The van der Waals surface area contributed by atoms with Crippen molar-refractivity contribution in [1.29, 1.82) is 0 Å². The molecule has 116 valence electrons. The Morgan fingerprint density at radius 2 is 1.95 bits per heavy atom. The summed E-state index contributed by atoms with van der Waals surface area (Å²) in [6, 6.07) is 7.08. The van der Waals surface area contributed by atoms with Crippen molar-refractivity contribution >= 4 is 17.5 Å². The number of nitrogens with one attached hydrogen (secondary N) is 2. The van der Waals surface area contributed by atoms with Crippen LogP contribution in [0.2, 0.25) is 0 Å². The largest absolute Gasteiger partial charge is 0.355 e. The maximum absolute atomic E-state index is 12.1. The van der Waals surface area contributed by atoms with Crippen molar-refractivity contribution in [3.8, 4) is 0 Å². The van der Waals surface area contributed by atoms with Crippen molar-refractivity contribution in [3.63, 3.8) is 0 Å². The van der Waals surface area contributed by atoms with Gasteiger partial charge in [0.25, 0.3) is 5.91 Å². The lowest BCUT2D eigenvalue weighted by atomic mass is 10.0. The van der Waals surface area contributed by atoms with Gasteiger partial charge in [0, 0.05) is 30.3 Å². The van der Waals surface area contributed by atoms with Crippen LogP contribution in [0.1, 0.15) is 43.5 Å². The number of rotatable bonds is 7. The number of carbonyl (C=O) groups is 2. The Kier molecular flexibility index (Phi) is 6.88. The average molecular weight is 291 g/mol. The molecule has 0 aromatic heterocycles. The van der Waals surface area contributed by atoms with Crippen LogP contribution in [0.15, 0.2) is 24.3 Å². The predicted octanol–water partition coefficient (Wildman–Crippen LogP) is 2.14. The van der Waals surface area contributed by atoms with E-state index in [0.29, 0.717) is 11.3 Å². The minimum absolute atomic E-state index is 0.0336. The van der Waals surface area contributed by atoms with Gasteiger partial charge in [-0.15, -0.1) is 0 Å². The zero-order chi connectivity index (χ0) is 15.8. The zero-order valence-corrected chi connectivity index (χ0v) is 13.0. The van der Waals surface area contributed by atoms with Gasteiger partial charge in [-0.3, -0.25) is 9.59 Å². The normalized spacial score (nSPS) is 13.3. The maximum Gasteiger partial charge on any atom is 0.251 e. The minimum Gasteiger partial charge on any atom is -0.355 e. The molecule has 2 amide bonds. The van der Waals surface area contributed by atoms with Gasteiger partial charge in [0.1, 0.15) is 0 Å². The third-order valence-corrected chi connectivity index (χ3v) is 3.36. The molecule has 0 aliphatic heterocycles. The maximum atomic E-state index is 12.1. The van der Waals surface area contributed by atoms with Crippen LogP contribution in [-0.2, 0) is 4.79 Å². The highest BCUT2D eigenvalue weighted by Crippen LogP contribution is 2.15. The fourth-order valence-electron chi connectivity index (χ4n) is 2.03. The van der Waals surface area contributed by atoms with E-state index in [1.54, 1.807) is 31.3 Å². The Morgan fingerprint density at radius 3 is 2.57 bits per heavy atom. The summed E-state index contributed by atoms with van der Waals surface area (Å²) in [4.78, 5) is 23.7. The Balaban J connectivity index is 2.56. The van der Waals surface area contributed by atoms with Crippen molar-refractivity contribution < 1.29 is 9.59 Å². The summed E-state index contributed by atoms with van der Waals surface area (Å²) < 4.78 is 0. The first kappa shape index (κ1) is 17.2. The number of anilines is 1. The zero-order valence-electron chi connectivity index (χ0n) is 13.0. The van der Waals surface area contributed by atoms with E-state index in [4.69, 9.17) is 5.73 Å². The first-order chi connectivity index (χ1) is 9.93. The fraction of sp³-hybridized carbons (Fsp3) is 0.500. The molecular formula is C16H25N3O2. The van der Waals surface area contributed by atoms with Gasteiger partial charge in [-0.25, -0.2) is 0 Å². The average Bonchev–Trinajstić information content (AvgIpc) is 2.46. The minimum atomic E-state index is -0.170. The molecular weight excluding hydrogens is 266 g/mol. The molecule has 0 heterocycles. The van der Waals surface area contributed by atoms with Crippen molar-refractivity contribution in [2.45, 2.75) is 39.2 Å². The Labute approximate surface area is 126 Å². The molecule has 1 rings (SSSR count). The monoisotopic (exact) mass is 291 g/mol. The van der Waals surface area contributed by atoms with Gasteiger partial charge in [0.05, 0.1) is 0 Å². The number of carbonyl (C=O) groups excluding carboxylic acids is 2. The second-order valence-corrected chi connectivity index (χ2v) is 5.46. The lowest BCUT2D eigenvalue weighted by molar-refractivity contribution is -0.119. The van der Waals surface area contributed by atoms with Crippen LogP contribution in [0.3, 0.4) is 0 Å². The smallest absolute Gasteiger partial charge is 0.251 e. The molecule has 1 aromatic rings. The summed E-state index contributed by atoms with van der Waals surface area (Å²) in [6.07, 6.45) is 2.66. The molecule has 0 spiro atoms. The van der Waals surface area contributed by atoms with Gasteiger partial charge in [-0.2, -0.15) is 0 Å². The highest BCUT2D eigenvalue weighted by molar-refractivity contribution is 5.97. The lowest BCUT2D eigenvalue weighted by Crippen LogP contribution is -2.22. The molecule has 2 atom stereocenters. The molecule has 0 radical (unpaired) electrons. The van der Waals surface area contributed by atoms with Crippen LogP contribution in [0.4, 0.5) is 5.69 Å². The number of nitrogens with two attached hydrogens (primary N) is 1. The van der Waals surface area contributed by atoms with E-state index < -0.39 is 0 Å². The van der Waals surface area contributed by atoms with Crippen LogP contribution >= 0.6 is 0 Å². The van der Waals surface area contributed by atoms with Gasteiger partial charge < -0.3 is 16.4 Å². The second-order valence-electron chi connectivity index (χ2n) is 5.46. The van der Waals surface area contributed by atoms with E-state index in [1.807, 2.05) is 13.8 Å². The van der Waals surface area contributed by atoms with Gasteiger partial charge >= 0.3 is 0 Å². The van der Waals surface area contributed by atoms with Crippen LogP contribution in [0, 0.1) is 5.92 Å². The van der Waals surface area contributed by atoms with E-state index in [0.717, 1.165) is 19.3 Å². The van der Waals surface area contributed by atoms with E-state index in [1.165, 1.54) is 0 Å². The summed E-state index contributed by atoms with van der Waals surface area (Å²) in [5, 5.41) is 5.41. The summed E-state index contributed by atoms with van der Waals surface area (Å²) in [5.74, 6) is -0.280. The highest BCUT2D eigenvalue weighted by Gasteiger charge is 2.13. The molecule has 5 heteroatoms. The molecule has 5 nitrogen and oxygen atoms in total. The van der Waals surface area contributed by atoms with Crippen LogP contribution in [0.25, 0.3) is 0 Å². The van der Waals surface area contributed by atoms with Crippen LogP contribution in [0.5, 0.6) is 0 Å². The molecule has 2 unspecified atom stereocenters. The molecule has 4 N–H and O–H groups in total. The second kappa shape index (κ2) is 8.42. The van der Waals surface area contributed by atoms with Gasteiger partial charge in [-0.05, 0) is 38.0 Å². The Morgan fingerprint density at radius 1 is 1.24 bits per heavy atom. The molecule has 0 saturated heterocycles.